The summed E-state index contributed by atoms with van der Waals surface area (Å²) in [5.74, 6) is -0.408. The number of rotatable bonds is 9. The number of nitrogens with zero attached hydrogens (tertiary/aromatic N) is 1. The van der Waals surface area contributed by atoms with Crippen molar-refractivity contribution in [2.45, 2.75) is 58.7 Å². The van der Waals surface area contributed by atoms with Crippen molar-refractivity contribution in [1.29, 1.82) is 0 Å². The molecular formula is C23H26Cl4N2O2. The monoisotopic (exact) mass is 502 g/mol. The number of benzene rings is 2. The van der Waals surface area contributed by atoms with Crippen molar-refractivity contribution in [3.8, 4) is 0 Å². The average molecular weight is 504 g/mol. The predicted octanol–water partition coefficient (Wildman–Crippen LogP) is 6.56. The summed E-state index contributed by atoms with van der Waals surface area (Å²) in [5.41, 5.74) is 1.42. The molecule has 1 N–H and O–H groups in total. The van der Waals surface area contributed by atoms with Gasteiger partial charge >= 0.3 is 0 Å². The molecule has 0 aliphatic rings. The molecule has 168 valence electrons. The van der Waals surface area contributed by atoms with Crippen LogP contribution >= 0.6 is 46.4 Å². The van der Waals surface area contributed by atoms with Crippen molar-refractivity contribution >= 4 is 58.2 Å². The van der Waals surface area contributed by atoms with Gasteiger partial charge in [-0.05, 0) is 55.2 Å². The third-order valence-corrected chi connectivity index (χ3v) is 6.41. The maximum atomic E-state index is 13.4. The molecule has 8 heteroatoms. The van der Waals surface area contributed by atoms with Crippen LogP contribution in [0.1, 0.15) is 44.7 Å². The lowest BCUT2D eigenvalue weighted by Crippen LogP contribution is -2.51. The van der Waals surface area contributed by atoms with Crippen molar-refractivity contribution in [3.63, 3.8) is 0 Å². The lowest BCUT2D eigenvalue weighted by Gasteiger charge is -2.31. The molecule has 2 amide bonds. The molecule has 0 heterocycles. The smallest absolute Gasteiger partial charge is 0.243 e. The van der Waals surface area contributed by atoms with Gasteiger partial charge in [0.15, 0.2) is 0 Å². The lowest BCUT2D eigenvalue weighted by molar-refractivity contribution is -0.141. The normalized spacial score (nSPS) is 12.9. The molecule has 2 rings (SSSR count). The predicted molar refractivity (Wildman–Crippen MR) is 129 cm³/mol. The lowest BCUT2D eigenvalue weighted by atomic mass is 10.1. The maximum absolute atomic E-state index is 13.4. The van der Waals surface area contributed by atoms with Crippen LogP contribution in [0, 0.1) is 0 Å². The quantitative estimate of drug-likeness (QED) is 0.421. The van der Waals surface area contributed by atoms with Gasteiger partial charge in [-0.15, -0.1) is 0 Å². The highest BCUT2D eigenvalue weighted by atomic mass is 35.5. The van der Waals surface area contributed by atoms with Gasteiger partial charge in [0.25, 0.3) is 0 Å². The minimum absolute atomic E-state index is 0.00851. The van der Waals surface area contributed by atoms with E-state index in [2.05, 4.69) is 5.32 Å². The molecule has 4 nitrogen and oxygen atoms in total. The fourth-order valence-corrected chi connectivity index (χ4v) is 3.92. The average Bonchev–Trinajstić information content (AvgIpc) is 2.72. The van der Waals surface area contributed by atoms with Crippen LogP contribution in [0.4, 0.5) is 0 Å². The first-order valence-electron chi connectivity index (χ1n) is 10.1. The van der Waals surface area contributed by atoms with Gasteiger partial charge in [0.2, 0.25) is 11.8 Å². The van der Waals surface area contributed by atoms with Gasteiger partial charge in [0.05, 0.1) is 16.5 Å². The fraction of sp³-hybridized carbons (Fsp3) is 0.391. The third-order valence-electron chi connectivity index (χ3n) is 5.08. The summed E-state index contributed by atoms with van der Waals surface area (Å²) in [6, 6.07) is 9.56. The minimum atomic E-state index is -0.637. The molecule has 2 aromatic carbocycles. The van der Waals surface area contributed by atoms with Crippen LogP contribution in [0.5, 0.6) is 0 Å². The number of hydrogen-bond acceptors (Lipinski definition) is 2. The van der Waals surface area contributed by atoms with Gasteiger partial charge in [0, 0.05) is 22.6 Å². The first-order valence-corrected chi connectivity index (χ1v) is 11.6. The molecular weight excluding hydrogens is 478 g/mol. The van der Waals surface area contributed by atoms with Gasteiger partial charge in [0.1, 0.15) is 6.04 Å². The molecule has 0 fully saturated rings. The van der Waals surface area contributed by atoms with Gasteiger partial charge in [-0.1, -0.05) is 72.4 Å². The molecule has 0 saturated heterocycles. The van der Waals surface area contributed by atoms with E-state index in [9.17, 15) is 9.59 Å². The highest BCUT2D eigenvalue weighted by Crippen LogP contribution is 2.26. The highest BCUT2D eigenvalue weighted by molar-refractivity contribution is 6.42. The molecule has 0 aliphatic heterocycles. The Balaban J connectivity index is 2.35. The summed E-state index contributed by atoms with van der Waals surface area (Å²) in [5, 5.41) is 4.71. The van der Waals surface area contributed by atoms with Crippen LogP contribution in [-0.4, -0.2) is 28.8 Å². The molecule has 0 spiro atoms. The molecule has 0 aromatic heterocycles. The van der Waals surface area contributed by atoms with E-state index in [0.717, 1.165) is 12.0 Å². The molecule has 31 heavy (non-hydrogen) atoms. The topological polar surface area (TPSA) is 49.4 Å². The molecule has 2 atom stereocenters. The Labute approximate surface area is 203 Å². The molecule has 0 unspecified atom stereocenters. The van der Waals surface area contributed by atoms with Crippen LogP contribution in [-0.2, 0) is 22.6 Å². The van der Waals surface area contributed by atoms with Crippen LogP contribution in [0.2, 0.25) is 20.1 Å². The highest BCUT2D eigenvalue weighted by Gasteiger charge is 2.29. The Kier molecular flexibility index (Phi) is 9.95. The maximum Gasteiger partial charge on any atom is 0.243 e. The van der Waals surface area contributed by atoms with E-state index in [1.807, 2.05) is 20.8 Å². The van der Waals surface area contributed by atoms with E-state index in [-0.39, 0.29) is 30.8 Å². The van der Waals surface area contributed by atoms with E-state index in [1.165, 1.54) is 0 Å². The standard InChI is InChI=1S/C23H26Cl4N2O2/c1-4-14(3)28-23(31)21(5-2)29(13-15-6-9-18(25)20(27)10-15)22(30)11-16-7-8-17(24)12-19(16)26/h6-10,12,14,21H,4-5,11,13H2,1-3H3,(H,28,31)/t14-,21-/m0/s1. The fourth-order valence-electron chi connectivity index (χ4n) is 3.12. The van der Waals surface area contributed by atoms with Crippen molar-refractivity contribution in [2.75, 3.05) is 0 Å². The number of carbonyl (C=O) groups excluding carboxylic acids is 2. The Bertz CT molecular complexity index is 936. The van der Waals surface area contributed by atoms with Gasteiger partial charge in [-0.25, -0.2) is 0 Å². The van der Waals surface area contributed by atoms with E-state index in [0.29, 0.717) is 32.1 Å². The number of halogens is 4. The molecule has 2 aromatic rings. The number of nitrogens with one attached hydrogen (secondary N) is 1. The van der Waals surface area contributed by atoms with Crippen molar-refractivity contribution in [1.82, 2.24) is 10.2 Å². The Morgan fingerprint density at radius 2 is 1.65 bits per heavy atom. The minimum Gasteiger partial charge on any atom is -0.352 e. The van der Waals surface area contributed by atoms with Crippen molar-refractivity contribution in [2.24, 2.45) is 0 Å². The zero-order valence-electron chi connectivity index (χ0n) is 17.7. The molecule has 0 bridgehead atoms. The summed E-state index contributed by atoms with van der Waals surface area (Å²) >= 11 is 24.4. The third kappa shape index (κ3) is 7.28. The summed E-state index contributed by atoms with van der Waals surface area (Å²) < 4.78 is 0. The van der Waals surface area contributed by atoms with E-state index in [1.54, 1.807) is 41.3 Å². The van der Waals surface area contributed by atoms with Crippen LogP contribution < -0.4 is 5.32 Å². The van der Waals surface area contributed by atoms with Crippen molar-refractivity contribution in [3.05, 3.63) is 67.6 Å². The summed E-state index contributed by atoms with van der Waals surface area (Å²) in [4.78, 5) is 27.9. The number of hydrogen-bond donors (Lipinski definition) is 1. The summed E-state index contributed by atoms with van der Waals surface area (Å²) in [6.45, 7) is 6.02. The van der Waals surface area contributed by atoms with Crippen LogP contribution in [0.25, 0.3) is 0 Å². The zero-order valence-corrected chi connectivity index (χ0v) is 20.7. The largest absolute Gasteiger partial charge is 0.352 e. The van der Waals surface area contributed by atoms with Crippen LogP contribution in [0.3, 0.4) is 0 Å². The molecule has 0 saturated carbocycles. The zero-order chi connectivity index (χ0) is 23.1. The second-order valence-corrected chi connectivity index (χ2v) is 9.08. The molecule has 0 aliphatic carbocycles. The van der Waals surface area contributed by atoms with Crippen molar-refractivity contribution < 1.29 is 9.59 Å². The van der Waals surface area contributed by atoms with E-state index < -0.39 is 6.04 Å². The Morgan fingerprint density at radius 3 is 2.23 bits per heavy atom. The SMILES string of the molecule is CC[C@H](C)NC(=O)[C@H](CC)N(Cc1ccc(Cl)c(Cl)c1)C(=O)Cc1ccc(Cl)cc1Cl. The van der Waals surface area contributed by atoms with Gasteiger partial charge in [-0.3, -0.25) is 9.59 Å². The first-order chi connectivity index (χ1) is 14.7. The van der Waals surface area contributed by atoms with Crippen LogP contribution in [0.15, 0.2) is 36.4 Å². The second-order valence-electron chi connectivity index (χ2n) is 7.42. The first kappa shape index (κ1) is 25.8. The Hall–Kier alpha value is -1.46. The number of carbonyl (C=O) groups is 2. The Morgan fingerprint density at radius 1 is 0.935 bits per heavy atom. The summed E-state index contributed by atoms with van der Waals surface area (Å²) in [7, 11) is 0. The van der Waals surface area contributed by atoms with E-state index >= 15 is 0 Å². The molecule has 0 radical (unpaired) electrons. The second kappa shape index (κ2) is 12.0. The number of amides is 2. The van der Waals surface area contributed by atoms with E-state index in [4.69, 9.17) is 46.4 Å². The van der Waals surface area contributed by atoms with Gasteiger partial charge in [-0.2, -0.15) is 0 Å². The van der Waals surface area contributed by atoms with Gasteiger partial charge < -0.3 is 10.2 Å². The summed E-state index contributed by atoms with van der Waals surface area (Å²) in [6.07, 6.45) is 1.30.